The zero-order chi connectivity index (χ0) is 21.2. The monoisotopic (exact) mass is 411 g/mol. The van der Waals surface area contributed by atoms with E-state index in [4.69, 9.17) is 13.9 Å². The summed E-state index contributed by atoms with van der Waals surface area (Å²) in [4.78, 5) is 2.13. The third-order valence-corrected chi connectivity index (χ3v) is 4.46. The molecule has 1 atom stereocenters. The molecule has 0 amide bonds. The van der Waals surface area contributed by atoms with Crippen LogP contribution in [0.25, 0.3) is 11.5 Å². The second-order valence-corrected chi connectivity index (χ2v) is 7.34. The van der Waals surface area contributed by atoms with E-state index < -0.39 is 6.10 Å². The van der Waals surface area contributed by atoms with Gasteiger partial charge in [0.15, 0.2) is 0 Å². The highest BCUT2D eigenvalue weighted by molar-refractivity contribution is 5.53. The number of nitrogens with zero attached hydrogens (tertiary/aromatic N) is 3. The van der Waals surface area contributed by atoms with E-state index in [1.165, 1.54) is 0 Å². The van der Waals surface area contributed by atoms with Crippen LogP contribution >= 0.6 is 0 Å². The summed E-state index contributed by atoms with van der Waals surface area (Å²) >= 11 is 0. The predicted octanol–water partition coefficient (Wildman–Crippen LogP) is 3.44. The lowest BCUT2D eigenvalue weighted by atomic mass is 10.2. The molecule has 3 rings (SSSR count). The number of para-hydroxylation sites is 1. The smallest absolute Gasteiger partial charge is 0.247 e. The summed E-state index contributed by atoms with van der Waals surface area (Å²) in [5.74, 6) is 2.43. The Labute approximate surface area is 177 Å². The fraction of sp³-hybridized carbons (Fsp3) is 0.391. The molecular weight excluding hydrogens is 382 g/mol. The standard InChI is InChI=1S/C23H29N3O4/c1-26(2)14-6-15-28-21-11-9-18(10-12-21)23-25-24-22(30-23)17-19(27)13-16-29-20-7-4-3-5-8-20/h3-5,7-12,19,27H,6,13-17H2,1-2H3. The minimum Gasteiger partial charge on any atom is -0.494 e. The molecule has 0 fully saturated rings. The SMILES string of the molecule is CN(C)CCCOc1ccc(-c2nnc(CC(O)CCOc3ccccc3)o2)cc1. The molecule has 0 bridgehead atoms. The summed E-state index contributed by atoms with van der Waals surface area (Å²) in [7, 11) is 4.09. The topological polar surface area (TPSA) is 80.9 Å². The van der Waals surface area contributed by atoms with E-state index in [1.807, 2.05) is 68.7 Å². The van der Waals surface area contributed by atoms with Crippen LogP contribution in [0.2, 0.25) is 0 Å². The molecule has 0 aliphatic carbocycles. The van der Waals surface area contributed by atoms with Crippen molar-refractivity contribution < 1.29 is 19.0 Å². The minimum atomic E-state index is -0.611. The minimum absolute atomic E-state index is 0.290. The first kappa shape index (κ1) is 21.8. The molecule has 0 saturated heterocycles. The zero-order valence-electron chi connectivity index (χ0n) is 17.5. The lowest BCUT2D eigenvalue weighted by Gasteiger charge is -2.10. The van der Waals surface area contributed by atoms with Gasteiger partial charge in [0.05, 0.1) is 25.7 Å². The lowest BCUT2D eigenvalue weighted by molar-refractivity contribution is 0.132. The van der Waals surface area contributed by atoms with Gasteiger partial charge in [-0.15, -0.1) is 10.2 Å². The average molecular weight is 412 g/mol. The van der Waals surface area contributed by atoms with Crippen molar-refractivity contribution in [2.75, 3.05) is 33.9 Å². The number of aromatic nitrogens is 2. The van der Waals surface area contributed by atoms with Crippen molar-refractivity contribution in [2.45, 2.75) is 25.4 Å². The fourth-order valence-corrected chi connectivity index (χ4v) is 2.85. The molecule has 30 heavy (non-hydrogen) atoms. The second-order valence-electron chi connectivity index (χ2n) is 7.34. The first-order valence-corrected chi connectivity index (χ1v) is 10.2. The highest BCUT2D eigenvalue weighted by Crippen LogP contribution is 2.22. The molecular formula is C23H29N3O4. The molecule has 1 unspecified atom stereocenters. The first-order valence-electron chi connectivity index (χ1n) is 10.2. The van der Waals surface area contributed by atoms with Crippen molar-refractivity contribution in [3.05, 3.63) is 60.5 Å². The van der Waals surface area contributed by atoms with E-state index in [2.05, 4.69) is 15.1 Å². The van der Waals surface area contributed by atoms with E-state index >= 15 is 0 Å². The Morgan fingerprint density at radius 1 is 0.933 bits per heavy atom. The van der Waals surface area contributed by atoms with Gasteiger partial charge in [-0.05, 0) is 56.9 Å². The predicted molar refractivity (Wildman–Crippen MR) is 115 cm³/mol. The maximum Gasteiger partial charge on any atom is 0.247 e. The average Bonchev–Trinajstić information content (AvgIpc) is 3.20. The van der Waals surface area contributed by atoms with Crippen molar-refractivity contribution in [1.29, 1.82) is 0 Å². The van der Waals surface area contributed by atoms with Crippen LogP contribution in [0.15, 0.2) is 59.0 Å². The molecule has 7 nitrogen and oxygen atoms in total. The molecule has 3 aromatic rings. The number of aliphatic hydroxyl groups excluding tert-OH is 1. The zero-order valence-corrected chi connectivity index (χ0v) is 17.5. The van der Waals surface area contributed by atoms with Gasteiger partial charge in [0, 0.05) is 18.5 Å². The van der Waals surface area contributed by atoms with Crippen LogP contribution < -0.4 is 9.47 Å². The quantitative estimate of drug-likeness (QED) is 0.457. The summed E-state index contributed by atoms with van der Waals surface area (Å²) < 4.78 is 17.0. The molecule has 1 heterocycles. The van der Waals surface area contributed by atoms with Gasteiger partial charge in [0.2, 0.25) is 11.8 Å². The number of ether oxygens (including phenoxy) is 2. The number of aliphatic hydroxyl groups is 1. The number of rotatable bonds is 12. The van der Waals surface area contributed by atoms with E-state index in [9.17, 15) is 5.11 Å². The van der Waals surface area contributed by atoms with E-state index in [0.717, 1.165) is 30.0 Å². The lowest BCUT2D eigenvalue weighted by Crippen LogP contribution is -2.15. The number of hydrogen-bond acceptors (Lipinski definition) is 7. The maximum atomic E-state index is 10.2. The summed E-state index contributed by atoms with van der Waals surface area (Å²) in [6.45, 7) is 2.09. The van der Waals surface area contributed by atoms with Gasteiger partial charge in [-0.3, -0.25) is 0 Å². The van der Waals surface area contributed by atoms with Gasteiger partial charge in [0.1, 0.15) is 11.5 Å². The van der Waals surface area contributed by atoms with Gasteiger partial charge in [-0.2, -0.15) is 0 Å². The summed E-state index contributed by atoms with van der Waals surface area (Å²) in [6, 6.07) is 17.1. The molecule has 7 heteroatoms. The van der Waals surface area contributed by atoms with Crippen LogP contribution in [0.1, 0.15) is 18.7 Å². The molecule has 2 aromatic carbocycles. The Bertz CT molecular complexity index is 866. The Morgan fingerprint density at radius 2 is 1.63 bits per heavy atom. The number of benzene rings is 2. The largest absolute Gasteiger partial charge is 0.494 e. The fourth-order valence-electron chi connectivity index (χ4n) is 2.85. The molecule has 0 aliphatic rings. The second kappa shape index (κ2) is 11.3. The summed E-state index contributed by atoms with van der Waals surface area (Å²) in [6.07, 6.45) is 1.13. The molecule has 1 N–H and O–H groups in total. The third-order valence-electron chi connectivity index (χ3n) is 4.46. The molecule has 0 saturated carbocycles. The van der Waals surface area contributed by atoms with Gasteiger partial charge in [-0.1, -0.05) is 18.2 Å². The Hall–Kier alpha value is -2.90. The summed E-state index contributed by atoms with van der Waals surface area (Å²) in [5.41, 5.74) is 0.816. The third kappa shape index (κ3) is 7.17. The van der Waals surface area contributed by atoms with Gasteiger partial charge >= 0.3 is 0 Å². The Kier molecular flexibility index (Phi) is 8.23. The van der Waals surface area contributed by atoms with Gasteiger partial charge in [-0.25, -0.2) is 0 Å². The van der Waals surface area contributed by atoms with Crippen LogP contribution in [0, 0.1) is 0 Å². The van der Waals surface area contributed by atoms with Crippen LogP contribution in [0.3, 0.4) is 0 Å². The molecule has 0 spiro atoms. The van der Waals surface area contributed by atoms with Crippen molar-refractivity contribution in [3.8, 4) is 23.0 Å². The van der Waals surface area contributed by atoms with Gasteiger partial charge < -0.3 is 23.9 Å². The van der Waals surface area contributed by atoms with E-state index in [1.54, 1.807) is 0 Å². The van der Waals surface area contributed by atoms with Crippen LogP contribution in [-0.2, 0) is 6.42 Å². The van der Waals surface area contributed by atoms with E-state index in [-0.39, 0.29) is 6.42 Å². The number of hydrogen-bond donors (Lipinski definition) is 1. The first-order chi connectivity index (χ1) is 14.6. The Morgan fingerprint density at radius 3 is 2.37 bits per heavy atom. The van der Waals surface area contributed by atoms with Crippen molar-refractivity contribution >= 4 is 0 Å². The maximum absolute atomic E-state index is 10.2. The van der Waals surface area contributed by atoms with Crippen LogP contribution in [-0.4, -0.2) is 60.2 Å². The highest BCUT2D eigenvalue weighted by atomic mass is 16.5. The van der Waals surface area contributed by atoms with Gasteiger partial charge in [0.25, 0.3) is 0 Å². The molecule has 0 aliphatic heterocycles. The van der Waals surface area contributed by atoms with Crippen molar-refractivity contribution in [2.24, 2.45) is 0 Å². The molecule has 160 valence electrons. The van der Waals surface area contributed by atoms with E-state index in [0.29, 0.717) is 31.4 Å². The Balaban J connectivity index is 1.43. The van der Waals surface area contributed by atoms with Crippen molar-refractivity contribution in [1.82, 2.24) is 15.1 Å². The van der Waals surface area contributed by atoms with Crippen molar-refractivity contribution in [3.63, 3.8) is 0 Å². The summed E-state index contributed by atoms with van der Waals surface area (Å²) in [5, 5.41) is 18.3. The molecule has 1 aromatic heterocycles. The highest BCUT2D eigenvalue weighted by Gasteiger charge is 2.13. The molecule has 0 radical (unpaired) electrons. The van der Waals surface area contributed by atoms with Crippen LogP contribution in [0.4, 0.5) is 0 Å². The normalized spacial score (nSPS) is 12.1. The van der Waals surface area contributed by atoms with Crippen LogP contribution in [0.5, 0.6) is 11.5 Å².